The van der Waals surface area contributed by atoms with Crippen LogP contribution >= 0.6 is 23.8 Å². The van der Waals surface area contributed by atoms with E-state index in [1.54, 1.807) is 0 Å². The van der Waals surface area contributed by atoms with Crippen LogP contribution in [0, 0.1) is 0 Å². The SMILES string of the molecule is CCCOC(=S)NC1CS(=O)(=O)CC1Cl. The Balaban J connectivity index is 2.43. The summed E-state index contributed by atoms with van der Waals surface area (Å²) in [6, 6.07) is -0.332. The van der Waals surface area contributed by atoms with Gasteiger partial charge in [-0.05, 0) is 18.6 Å². The lowest BCUT2D eigenvalue weighted by Gasteiger charge is -2.16. The summed E-state index contributed by atoms with van der Waals surface area (Å²) in [5, 5.41) is 2.61. The number of halogens is 1. The second kappa shape index (κ2) is 5.32. The highest BCUT2D eigenvalue weighted by molar-refractivity contribution is 7.91. The van der Waals surface area contributed by atoms with Gasteiger partial charge in [-0.15, -0.1) is 11.6 Å². The Morgan fingerprint density at radius 3 is 2.73 bits per heavy atom. The van der Waals surface area contributed by atoms with Crippen LogP contribution in [-0.4, -0.2) is 43.1 Å². The Hall–Kier alpha value is -0.0700. The van der Waals surface area contributed by atoms with Crippen LogP contribution in [-0.2, 0) is 14.6 Å². The molecule has 0 saturated carbocycles. The van der Waals surface area contributed by atoms with E-state index in [4.69, 9.17) is 28.6 Å². The molecule has 88 valence electrons. The van der Waals surface area contributed by atoms with Gasteiger partial charge in [-0.1, -0.05) is 6.92 Å². The molecule has 7 heteroatoms. The highest BCUT2D eigenvalue weighted by atomic mass is 35.5. The van der Waals surface area contributed by atoms with E-state index in [2.05, 4.69) is 5.32 Å². The number of nitrogens with one attached hydrogen (secondary N) is 1. The van der Waals surface area contributed by atoms with Crippen molar-refractivity contribution in [1.29, 1.82) is 0 Å². The lowest BCUT2D eigenvalue weighted by molar-refractivity contribution is 0.294. The first-order chi connectivity index (χ1) is 6.94. The maximum atomic E-state index is 11.2. The Kier molecular flexibility index (Phi) is 4.61. The average molecular weight is 272 g/mol. The van der Waals surface area contributed by atoms with Crippen molar-refractivity contribution in [3.05, 3.63) is 0 Å². The van der Waals surface area contributed by atoms with Crippen LogP contribution in [0.1, 0.15) is 13.3 Å². The van der Waals surface area contributed by atoms with Crippen LogP contribution in [0.3, 0.4) is 0 Å². The zero-order valence-electron chi connectivity index (χ0n) is 8.40. The van der Waals surface area contributed by atoms with Crippen molar-refractivity contribution in [2.45, 2.75) is 24.8 Å². The van der Waals surface area contributed by atoms with Gasteiger partial charge in [-0.25, -0.2) is 8.42 Å². The zero-order valence-corrected chi connectivity index (χ0v) is 10.8. The molecule has 1 fully saturated rings. The Bertz CT molecular complexity index is 331. The highest BCUT2D eigenvalue weighted by Crippen LogP contribution is 2.17. The molecule has 0 aromatic carbocycles. The number of alkyl halides is 1. The lowest BCUT2D eigenvalue weighted by atomic mass is 10.3. The summed E-state index contributed by atoms with van der Waals surface area (Å²) in [7, 11) is -3.02. The monoisotopic (exact) mass is 271 g/mol. The number of rotatable bonds is 3. The molecule has 2 atom stereocenters. The predicted molar refractivity (Wildman–Crippen MR) is 64.1 cm³/mol. The van der Waals surface area contributed by atoms with Crippen molar-refractivity contribution >= 4 is 38.8 Å². The first-order valence-corrected chi connectivity index (χ1v) is 7.39. The van der Waals surface area contributed by atoms with Gasteiger partial charge < -0.3 is 10.1 Å². The van der Waals surface area contributed by atoms with Gasteiger partial charge in [0.25, 0.3) is 5.17 Å². The molecule has 0 spiro atoms. The standard InChI is InChI=1S/C8H14ClNO3S2/c1-2-3-13-8(14)10-7-5-15(11,12)4-6(7)9/h6-7H,2-5H2,1H3,(H,10,14). The van der Waals surface area contributed by atoms with E-state index < -0.39 is 15.2 Å². The van der Waals surface area contributed by atoms with Gasteiger partial charge in [-0.2, -0.15) is 0 Å². The summed E-state index contributed by atoms with van der Waals surface area (Å²) in [5.74, 6) is 0.0272. The van der Waals surface area contributed by atoms with Crippen molar-refractivity contribution < 1.29 is 13.2 Å². The third-order valence-corrected chi connectivity index (χ3v) is 4.63. The van der Waals surface area contributed by atoms with Gasteiger partial charge in [0.2, 0.25) is 0 Å². The summed E-state index contributed by atoms with van der Waals surface area (Å²) in [5.41, 5.74) is 0. The topological polar surface area (TPSA) is 55.4 Å². The molecule has 15 heavy (non-hydrogen) atoms. The van der Waals surface area contributed by atoms with Crippen molar-refractivity contribution in [3.63, 3.8) is 0 Å². The van der Waals surface area contributed by atoms with Gasteiger partial charge in [0.05, 0.1) is 29.5 Å². The van der Waals surface area contributed by atoms with Gasteiger partial charge in [0.15, 0.2) is 9.84 Å². The Morgan fingerprint density at radius 2 is 2.27 bits per heavy atom. The molecule has 0 aromatic rings. The Morgan fingerprint density at radius 1 is 1.60 bits per heavy atom. The number of hydrogen-bond donors (Lipinski definition) is 1. The Labute approximate surface area is 100 Å². The summed E-state index contributed by atoms with van der Waals surface area (Å²) < 4.78 is 27.6. The van der Waals surface area contributed by atoms with E-state index >= 15 is 0 Å². The smallest absolute Gasteiger partial charge is 0.256 e. The van der Waals surface area contributed by atoms with Gasteiger partial charge in [-0.3, -0.25) is 0 Å². The van der Waals surface area contributed by atoms with Crippen molar-refractivity contribution in [2.75, 3.05) is 18.1 Å². The quantitative estimate of drug-likeness (QED) is 0.605. The third kappa shape index (κ3) is 4.12. The van der Waals surface area contributed by atoms with Crippen LogP contribution in [0.5, 0.6) is 0 Å². The predicted octanol–water partition coefficient (Wildman–Crippen LogP) is 0.692. The fourth-order valence-corrected chi connectivity index (χ4v) is 4.11. The third-order valence-electron chi connectivity index (χ3n) is 2.02. The van der Waals surface area contributed by atoms with Crippen LogP contribution < -0.4 is 5.32 Å². The average Bonchev–Trinajstić information content (AvgIpc) is 2.36. The van der Waals surface area contributed by atoms with Crippen molar-refractivity contribution in [2.24, 2.45) is 0 Å². The number of ether oxygens (including phenoxy) is 1. The molecule has 1 aliphatic rings. The molecule has 2 unspecified atom stereocenters. The van der Waals surface area contributed by atoms with Crippen LogP contribution in [0.4, 0.5) is 0 Å². The van der Waals surface area contributed by atoms with E-state index in [9.17, 15) is 8.42 Å². The van der Waals surface area contributed by atoms with Gasteiger partial charge in [0.1, 0.15) is 0 Å². The molecular formula is C8H14ClNO3S2. The largest absolute Gasteiger partial charge is 0.471 e. The number of hydrogen-bond acceptors (Lipinski definition) is 4. The number of thiocarbonyl (C=S) groups is 1. The van der Waals surface area contributed by atoms with E-state index in [1.165, 1.54) is 0 Å². The fraction of sp³-hybridized carbons (Fsp3) is 0.875. The molecule has 0 radical (unpaired) electrons. The molecule has 0 aliphatic carbocycles. The maximum Gasteiger partial charge on any atom is 0.256 e. The molecule has 1 rings (SSSR count). The molecule has 1 heterocycles. The number of sulfone groups is 1. The molecule has 0 aromatic heterocycles. The van der Waals surface area contributed by atoms with E-state index in [0.29, 0.717) is 6.61 Å². The lowest BCUT2D eigenvalue weighted by Crippen LogP contribution is -2.40. The molecule has 0 bridgehead atoms. The molecular weight excluding hydrogens is 258 g/mol. The molecule has 4 nitrogen and oxygen atoms in total. The second-order valence-corrected chi connectivity index (χ2v) is 6.56. The van der Waals surface area contributed by atoms with Crippen LogP contribution in [0.2, 0.25) is 0 Å². The minimum absolute atomic E-state index is 0.00259. The summed E-state index contributed by atoms with van der Waals surface area (Å²) >= 11 is 10.8. The minimum atomic E-state index is -3.02. The van der Waals surface area contributed by atoms with E-state index in [0.717, 1.165) is 6.42 Å². The van der Waals surface area contributed by atoms with E-state index in [1.807, 2.05) is 6.92 Å². The van der Waals surface area contributed by atoms with Gasteiger partial charge in [0, 0.05) is 0 Å². The summed E-state index contributed by atoms with van der Waals surface area (Å²) in [6.07, 6.45) is 0.856. The fourth-order valence-electron chi connectivity index (χ4n) is 1.32. The minimum Gasteiger partial charge on any atom is -0.471 e. The first kappa shape index (κ1) is 13.0. The first-order valence-electron chi connectivity index (χ1n) is 4.72. The van der Waals surface area contributed by atoms with Crippen LogP contribution in [0.25, 0.3) is 0 Å². The van der Waals surface area contributed by atoms with Crippen molar-refractivity contribution in [1.82, 2.24) is 5.32 Å². The zero-order chi connectivity index (χ0) is 11.5. The normalized spacial score (nSPS) is 28.7. The molecule has 1 saturated heterocycles. The summed E-state index contributed by atoms with van der Waals surface area (Å²) in [6.45, 7) is 2.49. The van der Waals surface area contributed by atoms with Crippen molar-refractivity contribution in [3.8, 4) is 0 Å². The van der Waals surface area contributed by atoms with Gasteiger partial charge >= 0.3 is 0 Å². The maximum absolute atomic E-state index is 11.2. The van der Waals surface area contributed by atoms with E-state index in [-0.39, 0.29) is 22.7 Å². The molecule has 1 aliphatic heterocycles. The van der Waals surface area contributed by atoms with Crippen LogP contribution in [0.15, 0.2) is 0 Å². The summed E-state index contributed by atoms with van der Waals surface area (Å²) in [4.78, 5) is 0. The highest BCUT2D eigenvalue weighted by Gasteiger charge is 2.36. The molecule has 1 N–H and O–H groups in total. The second-order valence-electron chi connectivity index (χ2n) is 3.48. The molecule has 0 amide bonds.